The van der Waals surface area contributed by atoms with Crippen molar-refractivity contribution in [1.82, 2.24) is 0 Å². The minimum atomic E-state index is -0.995. The Bertz CT molecular complexity index is 398. The fraction of sp³-hybridized carbons (Fsp3) is 0.500. The lowest BCUT2D eigenvalue weighted by molar-refractivity contribution is -0.691. The van der Waals surface area contributed by atoms with Crippen molar-refractivity contribution < 1.29 is 20.0 Å². The Morgan fingerprint density at radius 1 is 1.44 bits per heavy atom. The number of aliphatic carboxylic acids is 1. The van der Waals surface area contributed by atoms with Crippen LogP contribution in [-0.4, -0.2) is 23.8 Å². The maximum absolute atomic E-state index is 11.3. The van der Waals surface area contributed by atoms with Crippen LogP contribution < -0.4 is 10.4 Å². The summed E-state index contributed by atoms with van der Waals surface area (Å²) >= 11 is 0. The van der Waals surface area contributed by atoms with Crippen LogP contribution in [0.3, 0.4) is 0 Å². The second-order valence-electron chi connectivity index (χ2n) is 4.69. The number of ketones is 1. The van der Waals surface area contributed by atoms with Gasteiger partial charge in [-0.05, 0) is 37.1 Å². The molecule has 1 spiro atoms. The summed E-state index contributed by atoms with van der Waals surface area (Å²) in [5, 5.41) is 12.9. The van der Waals surface area contributed by atoms with Crippen LogP contribution >= 0.6 is 0 Å². The SMILES string of the molecule is CC1=CC(=O)C=C(C)C12CC(C(=O)[O-])C[NH2+]2. The number of hydrogen-bond acceptors (Lipinski definition) is 3. The zero-order valence-electron chi connectivity index (χ0n) is 9.45. The van der Waals surface area contributed by atoms with Gasteiger partial charge in [-0.25, -0.2) is 0 Å². The standard InChI is InChI=1S/C12H15NO3/c1-7-3-10(14)4-8(2)12(7)5-9(6-13-12)11(15)16/h3-4,9,13H,5-6H2,1-2H3,(H,15,16). The van der Waals surface area contributed by atoms with Crippen LogP contribution in [0.5, 0.6) is 0 Å². The molecule has 2 aliphatic rings. The van der Waals surface area contributed by atoms with Gasteiger partial charge in [-0.3, -0.25) is 4.79 Å². The average molecular weight is 221 g/mol. The number of rotatable bonds is 1. The van der Waals surface area contributed by atoms with E-state index in [2.05, 4.69) is 0 Å². The van der Waals surface area contributed by atoms with E-state index in [4.69, 9.17) is 0 Å². The van der Waals surface area contributed by atoms with Crippen molar-refractivity contribution in [3.63, 3.8) is 0 Å². The van der Waals surface area contributed by atoms with Crippen LogP contribution in [0.2, 0.25) is 0 Å². The third kappa shape index (κ3) is 1.50. The van der Waals surface area contributed by atoms with Gasteiger partial charge in [-0.15, -0.1) is 0 Å². The minimum absolute atomic E-state index is 0.00840. The zero-order chi connectivity index (χ0) is 11.9. The van der Waals surface area contributed by atoms with Crippen molar-refractivity contribution >= 4 is 11.8 Å². The molecule has 0 amide bonds. The van der Waals surface area contributed by atoms with Gasteiger partial charge >= 0.3 is 0 Å². The van der Waals surface area contributed by atoms with Crippen molar-refractivity contribution in [2.45, 2.75) is 25.8 Å². The van der Waals surface area contributed by atoms with Crippen LogP contribution in [-0.2, 0) is 9.59 Å². The predicted octanol–water partition coefficient (Wildman–Crippen LogP) is -1.47. The predicted molar refractivity (Wildman–Crippen MR) is 55.2 cm³/mol. The van der Waals surface area contributed by atoms with Crippen molar-refractivity contribution in [2.24, 2.45) is 5.92 Å². The Balaban J connectivity index is 2.33. The van der Waals surface area contributed by atoms with Gasteiger partial charge < -0.3 is 15.2 Å². The third-order valence-electron chi connectivity index (χ3n) is 3.78. The maximum Gasteiger partial charge on any atom is 0.179 e. The molecule has 1 atom stereocenters. The molecule has 2 N–H and O–H groups in total. The molecular weight excluding hydrogens is 206 g/mol. The van der Waals surface area contributed by atoms with Crippen LogP contribution in [0.25, 0.3) is 0 Å². The quantitative estimate of drug-likeness (QED) is 0.587. The fourth-order valence-corrected chi connectivity index (χ4v) is 2.76. The second-order valence-corrected chi connectivity index (χ2v) is 4.69. The van der Waals surface area contributed by atoms with Crippen LogP contribution in [0.1, 0.15) is 20.3 Å². The first-order valence-corrected chi connectivity index (χ1v) is 5.42. The minimum Gasteiger partial charge on any atom is -0.550 e. The normalized spacial score (nSPS) is 27.9. The van der Waals surface area contributed by atoms with Crippen molar-refractivity contribution in [3.8, 4) is 0 Å². The molecule has 1 aliphatic carbocycles. The van der Waals surface area contributed by atoms with Gasteiger partial charge in [-0.2, -0.15) is 0 Å². The molecule has 0 aromatic carbocycles. The summed E-state index contributed by atoms with van der Waals surface area (Å²) < 4.78 is 0. The van der Waals surface area contributed by atoms with Gasteiger partial charge in [-0.1, -0.05) is 0 Å². The first-order valence-electron chi connectivity index (χ1n) is 5.42. The Kier molecular flexibility index (Phi) is 2.46. The Hall–Kier alpha value is -1.42. The number of carbonyl (C=O) groups excluding carboxylic acids is 2. The van der Waals surface area contributed by atoms with Crippen molar-refractivity contribution in [1.29, 1.82) is 0 Å². The van der Waals surface area contributed by atoms with E-state index in [1.54, 1.807) is 12.2 Å². The highest BCUT2D eigenvalue weighted by atomic mass is 16.4. The highest BCUT2D eigenvalue weighted by Gasteiger charge is 2.47. The Labute approximate surface area is 94.0 Å². The van der Waals surface area contributed by atoms with E-state index in [0.29, 0.717) is 13.0 Å². The van der Waals surface area contributed by atoms with Crippen molar-refractivity contribution in [3.05, 3.63) is 23.3 Å². The number of quaternary nitrogens is 1. The molecule has 16 heavy (non-hydrogen) atoms. The number of carboxylic acids is 1. The Morgan fingerprint density at radius 2 is 2.00 bits per heavy atom. The van der Waals surface area contributed by atoms with E-state index < -0.39 is 11.9 Å². The van der Waals surface area contributed by atoms with E-state index in [0.717, 1.165) is 11.1 Å². The van der Waals surface area contributed by atoms with Gasteiger partial charge in [0.05, 0.1) is 18.4 Å². The lowest BCUT2D eigenvalue weighted by atomic mass is 9.77. The average Bonchev–Trinajstić information content (AvgIpc) is 2.60. The molecule has 1 saturated heterocycles. The first-order chi connectivity index (χ1) is 7.45. The molecule has 4 heteroatoms. The molecule has 0 aromatic rings. The molecule has 2 rings (SSSR count). The van der Waals surface area contributed by atoms with Gasteiger partial charge in [0.2, 0.25) is 0 Å². The Morgan fingerprint density at radius 3 is 2.44 bits per heavy atom. The molecule has 4 nitrogen and oxygen atoms in total. The van der Waals surface area contributed by atoms with E-state index in [9.17, 15) is 14.7 Å². The van der Waals surface area contributed by atoms with Gasteiger partial charge in [0.1, 0.15) is 5.54 Å². The molecule has 1 fully saturated rings. The third-order valence-corrected chi connectivity index (χ3v) is 3.78. The number of hydrogen-bond donors (Lipinski definition) is 1. The largest absolute Gasteiger partial charge is 0.550 e. The van der Waals surface area contributed by atoms with Gasteiger partial charge in [0.25, 0.3) is 0 Å². The van der Waals surface area contributed by atoms with Gasteiger partial charge in [0.15, 0.2) is 5.78 Å². The molecule has 1 unspecified atom stereocenters. The van der Waals surface area contributed by atoms with E-state index >= 15 is 0 Å². The number of allylic oxidation sites excluding steroid dienone is 2. The summed E-state index contributed by atoms with van der Waals surface area (Å²) in [6.07, 6.45) is 3.72. The molecule has 86 valence electrons. The van der Waals surface area contributed by atoms with Crippen molar-refractivity contribution in [2.75, 3.05) is 6.54 Å². The van der Waals surface area contributed by atoms with Gasteiger partial charge in [0, 0.05) is 6.42 Å². The molecule has 0 radical (unpaired) electrons. The van der Waals surface area contributed by atoms with E-state index in [-0.39, 0.29) is 11.3 Å². The summed E-state index contributed by atoms with van der Waals surface area (Å²) in [7, 11) is 0. The summed E-state index contributed by atoms with van der Waals surface area (Å²) in [6, 6.07) is 0. The first kappa shape index (κ1) is 11.1. The van der Waals surface area contributed by atoms with E-state index in [1.165, 1.54) is 0 Å². The molecule has 0 saturated carbocycles. The summed E-state index contributed by atoms with van der Waals surface area (Å²) in [5.41, 5.74) is 1.57. The zero-order valence-corrected chi connectivity index (χ0v) is 9.45. The fourth-order valence-electron chi connectivity index (χ4n) is 2.76. The topological polar surface area (TPSA) is 73.8 Å². The number of nitrogens with two attached hydrogens (primary N) is 1. The maximum atomic E-state index is 11.3. The second kappa shape index (κ2) is 3.56. The molecule has 1 heterocycles. The molecule has 0 aromatic heterocycles. The van der Waals surface area contributed by atoms with E-state index in [1.807, 2.05) is 19.2 Å². The number of carboxylic acid groups (broad SMARTS) is 1. The highest BCUT2D eigenvalue weighted by molar-refractivity contribution is 6.02. The van der Waals surface area contributed by atoms with Crippen LogP contribution in [0, 0.1) is 5.92 Å². The number of carbonyl (C=O) groups is 2. The summed E-state index contributed by atoms with van der Waals surface area (Å²) in [5.74, 6) is -1.43. The molecule has 1 aliphatic heterocycles. The smallest absolute Gasteiger partial charge is 0.179 e. The summed E-state index contributed by atoms with van der Waals surface area (Å²) in [4.78, 5) is 22.2. The highest BCUT2D eigenvalue weighted by Crippen LogP contribution is 2.34. The van der Waals surface area contributed by atoms with Crippen LogP contribution in [0.4, 0.5) is 0 Å². The summed E-state index contributed by atoms with van der Waals surface area (Å²) in [6.45, 7) is 4.30. The lowest BCUT2D eigenvalue weighted by Crippen LogP contribution is -2.94. The van der Waals surface area contributed by atoms with Crippen LogP contribution in [0.15, 0.2) is 23.3 Å². The molecular formula is C12H15NO3. The molecule has 0 bridgehead atoms. The monoisotopic (exact) mass is 221 g/mol. The lowest BCUT2D eigenvalue weighted by Gasteiger charge is -2.30.